The molecular weight excluding hydrogens is 450 g/mol. The number of rotatable bonds is 11. The number of nitrogens with zero attached hydrogens (tertiary/aromatic N) is 1. The highest BCUT2D eigenvalue weighted by atomic mass is 32.2. The molecule has 0 atom stereocenters. The minimum atomic E-state index is -4.10. The molecule has 7 heteroatoms. The van der Waals surface area contributed by atoms with Crippen LogP contribution >= 0.6 is 0 Å². The van der Waals surface area contributed by atoms with E-state index in [9.17, 15) is 13.2 Å². The number of benzene rings is 3. The van der Waals surface area contributed by atoms with Gasteiger partial charge in [0.05, 0.1) is 24.3 Å². The van der Waals surface area contributed by atoms with Gasteiger partial charge in [0, 0.05) is 6.08 Å². The molecule has 3 aromatic carbocycles. The summed E-state index contributed by atoms with van der Waals surface area (Å²) in [7, 11) is -2.55. The summed E-state index contributed by atoms with van der Waals surface area (Å²) >= 11 is 0. The van der Waals surface area contributed by atoms with Gasteiger partial charge in [-0.1, -0.05) is 62.2 Å². The number of hydrogen-bond acceptors (Lipinski definition) is 5. The van der Waals surface area contributed by atoms with E-state index in [0.717, 1.165) is 23.6 Å². The highest BCUT2D eigenvalue weighted by molar-refractivity contribution is 7.93. The van der Waals surface area contributed by atoms with Crippen LogP contribution in [0.3, 0.4) is 0 Å². The maximum absolute atomic E-state index is 13.3. The summed E-state index contributed by atoms with van der Waals surface area (Å²) in [5.41, 5.74) is 0.936. The van der Waals surface area contributed by atoms with Gasteiger partial charge in [0.15, 0.2) is 11.5 Å². The average molecular weight is 480 g/mol. The molecule has 0 bridgehead atoms. The molecule has 0 aliphatic rings. The zero-order valence-corrected chi connectivity index (χ0v) is 20.2. The van der Waals surface area contributed by atoms with Crippen LogP contribution in [0.5, 0.6) is 11.5 Å². The molecule has 0 radical (unpaired) electrons. The zero-order chi connectivity index (χ0) is 24.4. The normalized spacial score (nSPS) is 11.4. The van der Waals surface area contributed by atoms with Gasteiger partial charge >= 0.3 is 0 Å². The molecule has 0 aliphatic heterocycles. The van der Waals surface area contributed by atoms with Crippen molar-refractivity contribution < 1.29 is 22.7 Å². The molecule has 0 fully saturated rings. The standard InChI is InChI=1S/C27H29NO5S/c1-3-4-11-20-33-25-18-16-22(21-26(25)32-2)17-19-27(29)28(23-12-7-5-8-13-23)34(30,31)24-14-9-6-10-15-24/h5-10,12-19,21H,3-4,11,20H2,1-2H3/b19-17+. The number of ether oxygens (including phenoxy) is 2. The molecule has 0 aromatic heterocycles. The molecule has 3 aromatic rings. The number of carbonyl (C=O) groups is 1. The van der Waals surface area contributed by atoms with Crippen LogP contribution in [-0.4, -0.2) is 28.0 Å². The Bertz CT molecular complexity index is 1210. The van der Waals surface area contributed by atoms with Crippen LogP contribution in [0, 0.1) is 0 Å². The van der Waals surface area contributed by atoms with Crippen molar-refractivity contribution in [1.82, 2.24) is 0 Å². The lowest BCUT2D eigenvalue weighted by Crippen LogP contribution is -2.35. The van der Waals surface area contributed by atoms with Gasteiger partial charge in [-0.3, -0.25) is 4.79 Å². The monoisotopic (exact) mass is 479 g/mol. The smallest absolute Gasteiger partial charge is 0.271 e. The Morgan fingerprint density at radius 2 is 1.59 bits per heavy atom. The molecule has 6 nitrogen and oxygen atoms in total. The van der Waals surface area contributed by atoms with E-state index in [4.69, 9.17) is 9.47 Å². The highest BCUT2D eigenvalue weighted by Crippen LogP contribution is 2.29. The van der Waals surface area contributed by atoms with Crippen molar-refractivity contribution in [2.75, 3.05) is 18.0 Å². The van der Waals surface area contributed by atoms with Gasteiger partial charge in [-0.05, 0) is 54.5 Å². The molecular formula is C27H29NO5S. The summed E-state index contributed by atoms with van der Waals surface area (Å²) in [6.45, 7) is 2.73. The number of carbonyl (C=O) groups excluding carboxylic acids is 1. The molecule has 0 saturated carbocycles. The third-order valence-corrected chi connectivity index (χ3v) is 6.82. The molecule has 0 N–H and O–H groups in total. The first-order valence-electron chi connectivity index (χ1n) is 11.2. The summed E-state index contributed by atoms with van der Waals surface area (Å²) < 4.78 is 38.7. The van der Waals surface area contributed by atoms with Crippen molar-refractivity contribution in [3.05, 3.63) is 90.5 Å². The number of hydrogen-bond donors (Lipinski definition) is 0. The molecule has 178 valence electrons. The van der Waals surface area contributed by atoms with E-state index < -0.39 is 15.9 Å². The lowest BCUT2D eigenvalue weighted by molar-refractivity contribution is -0.113. The second-order valence-electron chi connectivity index (χ2n) is 7.56. The van der Waals surface area contributed by atoms with E-state index in [2.05, 4.69) is 6.92 Å². The first-order chi connectivity index (χ1) is 16.5. The van der Waals surface area contributed by atoms with Crippen molar-refractivity contribution >= 4 is 27.7 Å². The Hall–Kier alpha value is -3.58. The van der Waals surface area contributed by atoms with Gasteiger partial charge in [-0.2, -0.15) is 4.31 Å². The lowest BCUT2D eigenvalue weighted by atomic mass is 10.2. The largest absolute Gasteiger partial charge is 0.493 e. The maximum Gasteiger partial charge on any atom is 0.271 e. The summed E-state index contributed by atoms with van der Waals surface area (Å²) in [4.78, 5) is 13.2. The molecule has 0 aliphatic carbocycles. The number of amides is 1. The van der Waals surface area contributed by atoms with Gasteiger partial charge < -0.3 is 9.47 Å². The van der Waals surface area contributed by atoms with E-state index in [-0.39, 0.29) is 10.6 Å². The van der Waals surface area contributed by atoms with Crippen molar-refractivity contribution in [1.29, 1.82) is 0 Å². The number of anilines is 1. The van der Waals surface area contributed by atoms with Crippen LogP contribution < -0.4 is 13.8 Å². The molecule has 1 amide bonds. The summed E-state index contributed by atoms with van der Waals surface area (Å²) in [5, 5.41) is 0. The fourth-order valence-corrected chi connectivity index (χ4v) is 4.73. The SMILES string of the molecule is CCCCCOc1ccc(/C=C/C(=O)N(c2ccccc2)S(=O)(=O)c2ccccc2)cc1OC. The molecule has 0 unspecified atom stereocenters. The Balaban J connectivity index is 1.86. The van der Waals surface area contributed by atoms with Crippen LogP contribution in [0.25, 0.3) is 6.08 Å². The molecule has 3 rings (SSSR count). The van der Waals surface area contributed by atoms with Gasteiger partial charge in [0.1, 0.15) is 0 Å². The first kappa shape index (κ1) is 25.1. The van der Waals surface area contributed by atoms with Crippen LogP contribution in [0.1, 0.15) is 31.7 Å². The van der Waals surface area contributed by atoms with Crippen molar-refractivity contribution in [2.45, 2.75) is 31.1 Å². The maximum atomic E-state index is 13.3. The van der Waals surface area contributed by atoms with E-state index >= 15 is 0 Å². The fraction of sp³-hybridized carbons (Fsp3) is 0.222. The van der Waals surface area contributed by atoms with Gasteiger partial charge in [0.25, 0.3) is 15.9 Å². The number of unbranched alkanes of at least 4 members (excludes halogenated alkanes) is 2. The van der Waals surface area contributed by atoms with Crippen molar-refractivity contribution in [3.63, 3.8) is 0 Å². The average Bonchev–Trinajstić information content (AvgIpc) is 2.87. The number of sulfonamides is 1. The van der Waals surface area contributed by atoms with E-state index in [1.165, 1.54) is 18.2 Å². The third-order valence-electron chi connectivity index (χ3n) is 5.08. The van der Waals surface area contributed by atoms with Gasteiger partial charge in [-0.15, -0.1) is 0 Å². The third kappa shape index (κ3) is 6.26. The second-order valence-corrected chi connectivity index (χ2v) is 9.34. The van der Waals surface area contributed by atoms with Crippen molar-refractivity contribution in [2.24, 2.45) is 0 Å². The Kier molecular flexibility index (Phi) is 8.87. The van der Waals surface area contributed by atoms with E-state index in [1.807, 2.05) is 0 Å². The summed E-state index contributed by atoms with van der Waals surface area (Å²) in [6.07, 6.45) is 5.96. The highest BCUT2D eigenvalue weighted by Gasteiger charge is 2.29. The molecule has 0 heterocycles. The minimum Gasteiger partial charge on any atom is -0.493 e. The Morgan fingerprint density at radius 3 is 2.24 bits per heavy atom. The Morgan fingerprint density at radius 1 is 0.912 bits per heavy atom. The predicted molar refractivity (Wildman–Crippen MR) is 135 cm³/mol. The second kappa shape index (κ2) is 12.0. The van der Waals surface area contributed by atoms with E-state index in [0.29, 0.717) is 23.7 Å². The van der Waals surface area contributed by atoms with Gasteiger partial charge in [-0.25, -0.2) is 8.42 Å². The topological polar surface area (TPSA) is 72.9 Å². The summed E-state index contributed by atoms with van der Waals surface area (Å²) in [6, 6.07) is 21.5. The molecule has 0 spiro atoms. The summed E-state index contributed by atoms with van der Waals surface area (Å²) in [5.74, 6) is 0.483. The molecule has 34 heavy (non-hydrogen) atoms. The van der Waals surface area contributed by atoms with Crippen LogP contribution in [0.15, 0.2) is 89.8 Å². The van der Waals surface area contributed by atoms with Crippen molar-refractivity contribution in [3.8, 4) is 11.5 Å². The predicted octanol–water partition coefficient (Wildman–Crippen LogP) is 5.70. The lowest BCUT2D eigenvalue weighted by Gasteiger charge is -2.21. The number of methoxy groups -OCH3 is 1. The van der Waals surface area contributed by atoms with Crippen LogP contribution in [-0.2, 0) is 14.8 Å². The van der Waals surface area contributed by atoms with Gasteiger partial charge in [0.2, 0.25) is 0 Å². The van der Waals surface area contributed by atoms with Crippen LogP contribution in [0.2, 0.25) is 0 Å². The fourth-order valence-electron chi connectivity index (χ4n) is 3.32. The van der Waals surface area contributed by atoms with E-state index in [1.54, 1.807) is 79.9 Å². The quantitative estimate of drug-likeness (QED) is 0.261. The Labute approximate surface area is 201 Å². The first-order valence-corrected chi connectivity index (χ1v) is 12.6. The minimum absolute atomic E-state index is 0.0341. The molecule has 0 saturated heterocycles. The van der Waals surface area contributed by atoms with Crippen LogP contribution in [0.4, 0.5) is 5.69 Å². The number of para-hydroxylation sites is 1. The zero-order valence-electron chi connectivity index (χ0n) is 19.4.